The maximum Gasteiger partial charge on any atom is 0.260 e. The molecule has 3 atom stereocenters. The van der Waals surface area contributed by atoms with Gasteiger partial charge in [-0.2, -0.15) is 0 Å². The molecule has 11 nitrogen and oxygen atoms in total. The summed E-state index contributed by atoms with van der Waals surface area (Å²) in [5, 5.41) is 8.91. The van der Waals surface area contributed by atoms with Gasteiger partial charge < -0.3 is 40.8 Å². The number of carbonyl (C=O) groups excluding carboxylic acids is 3. The van der Waals surface area contributed by atoms with E-state index < -0.39 is 18.0 Å². The number of anilines is 3. The molecule has 0 aromatic heterocycles. The summed E-state index contributed by atoms with van der Waals surface area (Å²) in [6.07, 6.45) is 0.789. The van der Waals surface area contributed by atoms with Crippen LogP contribution < -0.4 is 36.1 Å². The molecule has 11 heteroatoms. The average Bonchev–Trinajstić information content (AvgIpc) is 3.33. The van der Waals surface area contributed by atoms with Crippen molar-refractivity contribution in [3.63, 3.8) is 0 Å². The van der Waals surface area contributed by atoms with Crippen LogP contribution in [0.3, 0.4) is 0 Å². The molecule has 5 rings (SSSR count). The Balaban J connectivity index is 1.35. The number of rotatable bonds is 11. The van der Waals surface area contributed by atoms with E-state index in [1.54, 1.807) is 39.2 Å². The normalized spacial score (nSPS) is 16.4. The number of benzene rings is 3. The molecule has 3 amide bonds. The van der Waals surface area contributed by atoms with Gasteiger partial charge in [0, 0.05) is 30.6 Å². The van der Waals surface area contributed by atoms with Crippen LogP contribution in [0.15, 0.2) is 54.6 Å². The monoisotopic (exact) mass is 601 g/mol. The lowest BCUT2D eigenvalue weighted by atomic mass is 10.1. The third-order valence-corrected chi connectivity index (χ3v) is 7.71. The zero-order chi connectivity index (χ0) is 31.4. The molecule has 2 aliphatic rings. The van der Waals surface area contributed by atoms with Crippen LogP contribution in [0.2, 0.25) is 0 Å². The first-order valence-electron chi connectivity index (χ1n) is 14.8. The molecule has 2 heterocycles. The Morgan fingerprint density at radius 3 is 2.52 bits per heavy atom. The Bertz CT molecular complexity index is 1560. The minimum atomic E-state index is -0.785. The zero-order valence-electron chi connectivity index (χ0n) is 25.4. The summed E-state index contributed by atoms with van der Waals surface area (Å²) < 4.78 is 17.5. The molecule has 0 bridgehead atoms. The van der Waals surface area contributed by atoms with Crippen LogP contribution >= 0.6 is 0 Å². The number of amides is 3. The molecule has 232 valence electrons. The van der Waals surface area contributed by atoms with Gasteiger partial charge in [-0.3, -0.25) is 14.4 Å². The number of methoxy groups -OCH3 is 1. The van der Waals surface area contributed by atoms with Crippen LogP contribution in [-0.4, -0.2) is 56.1 Å². The third-order valence-electron chi connectivity index (χ3n) is 7.71. The summed E-state index contributed by atoms with van der Waals surface area (Å²) in [5.41, 5.74) is 11.1. The summed E-state index contributed by atoms with van der Waals surface area (Å²) in [7, 11) is 1.54. The van der Waals surface area contributed by atoms with Gasteiger partial charge in [-0.1, -0.05) is 18.2 Å². The second kappa shape index (κ2) is 13.4. The van der Waals surface area contributed by atoms with Gasteiger partial charge in [0.1, 0.15) is 12.6 Å². The van der Waals surface area contributed by atoms with Gasteiger partial charge in [0.25, 0.3) is 5.91 Å². The molecule has 0 saturated heterocycles. The molecular weight excluding hydrogens is 562 g/mol. The molecule has 0 unspecified atom stereocenters. The van der Waals surface area contributed by atoms with Crippen molar-refractivity contribution in [1.82, 2.24) is 5.32 Å². The number of ether oxygens (including phenoxy) is 3. The van der Waals surface area contributed by atoms with E-state index >= 15 is 0 Å². The third kappa shape index (κ3) is 6.63. The lowest BCUT2D eigenvalue weighted by Crippen LogP contribution is -2.47. The summed E-state index contributed by atoms with van der Waals surface area (Å²) in [6.45, 7) is 6.69. The predicted molar refractivity (Wildman–Crippen MR) is 168 cm³/mol. The second-order valence-electron chi connectivity index (χ2n) is 11.1. The average molecular weight is 602 g/mol. The molecule has 0 aliphatic carbocycles. The standard InChI is InChI=1S/C33H39N5O6/c1-5-43-17-21-10-22(12-24(11-21)37-32(40)20(3)36-31(39)19(2)34)18-44-30-15-27-26(14-29(30)42-4)33(41)38-25(16-35-27)13-23-8-6-7-9-28(23)38/h6-12,14-15,19-20,25,35H,5,13,16-18,34H2,1-4H3,(H,36,39)(H,37,40)/t19-,20+,25-/m0/s1. The highest BCUT2D eigenvalue weighted by atomic mass is 16.5. The fourth-order valence-corrected chi connectivity index (χ4v) is 5.46. The second-order valence-corrected chi connectivity index (χ2v) is 11.1. The van der Waals surface area contributed by atoms with Crippen molar-refractivity contribution in [2.45, 2.75) is 58.5 Å². The molecule has 0 saturated carbocycles. The molecule has 3 aromatic rings. The Labute approximate surface area is 257 Å². The first-order chi connectivity index (χ1) is 21.2. The van der Waals surface area contributed by atoms with Gasteiger partial charge in [0.15, 0.2) is 11.5 Å². The minimum absolute atomic E-state index is 0.0131. The topological polar surface area (TPSA) is 144 Å². The lowest BCUT2D eigenvalue weighted by Gasteiger charge is -2.22. The van der Waals surface area contributed by atoms with Crippen molar-refractivity contribution in [3.8, 4) is 11.5 Å². The van der Waals surface area contributed by atoms with Crippen LogP contribution in [0.25, 0.3) is 0 Å². The van der Waals surface area contributed by atoms with Crippen LogP contribution in [0.1, 0.15) is 47.8 Å². The number of para-hydroxylation sites is 1. The van der Waals surface area contributed by atoms with Gasteiger partial charge in [0.2, 0.25) is 11.8 Å². The van der Waals surface area contributed by atoms with E-state index in [1.807, 2.05) is 42.2 Å². The van der Waals surface area contributed by atoms with Crippen molar-refractivity contribution >= 4 is 34.8 Å². The van der Waals surface area contributed by atoms with Gasteiger partial charge in [-0.05, 0) is 74.2 Å². The van der Waals surface area contributed by atoms with E-state index in [1.165, 1.54) is 0 Å². The maximum atomic E-state index is 13.7. The highest BCUT2D eigenvalue weighted by Gasteiger charge is 2.37. The van der Waals surface area contributed by atoms with Crippen molar-refractivity contribution in [1.29, 1.82) is 0 Å². The van der Waals surface area contributed by atoms with Gasteiger partial charge in [-0.15, -0.1) is 0 Å². The quantitative estimate of drug-likeness (QED) is 0.261. The van der Waals surface area contributed by atoms with Crippen molar-refractivity contribution in [2.24, 2.45) is 5.73 Å². The van der Waals surface area contributed by atoms with E-state index in [0.717, 1.165) is 28.8 Å². The number of carbonyl (C=O) groups is 3. The Morgan fingerprint density at radius 2 is 1.80 bits per heavy atom. The summed E-state index contributed by atoms with van der Waals surface area (Å²) >= 11 is 0. The molecule has 0 radical (unpaired) electrons. The van der Waals surface area contributed by atoms with Gasteiger partial charge >= 0.3 is 0 Å². The molecule has 5 N–H and O–H groups in total. The SMILES string of the molecule is CCOCc1cc(COc2cc3c(cc2OC)C(=O)N2c4ccccc4C[C@H]2CN3)cc(NC(=O)[C@@H](C)NC(=O)[C@H](C)N)c1. The van der Waals surface area contributed by atoms with E-state index in [9.17, 15) is 14.4 Å². The zero-order valence-corrected chi connectivity index (χ0v) is 25.4. The van der Waals surface area contributed by atoms with Crippen molar-refractivity contribution < 1.29 is 28.6 Å². The maximum absolute atomic E-state index is 13.7. The number of nitrogens with zero attached hydrogens (tertiary/aromatic N) is 1. The number of nitrogens with one attached hydrogen (secondary N) is 3. The minimum Gasteiger partial charge on any atom is -0.493 e. The summed E-state index contributed by atoms with van der Waals surface area (Å²) in [4.78, 5) is 40.4. The largest absolute Gasteiger partial charge is 0.493 e. The fraction of sp³-hybridized carbons (Fsp3) is 0.364. The summed E-state index contributed by atoms with van der Waals surface area (Å²) in [6, 6.07) is 15.6. The highest BCUT2D eigenvalue weighted by molar-refractivity contribution is 6.12. The highest BCUT2D eigenvalue weighted by Crippen LogP contribution is 2.40. The molecule has 44 heavy (non-hydrogen) atoms. The van der Waals surface area contributed by atoms with E-state index in [2.05, 4.69) is 22.0 Å². The fourth-order valence-electron chi connectivity index (χ4n) is 5.46. The van der Waals surface area contributed by atoms with Crippen molar-refractivity contribution in [2.75, 3.05) is 35.8 Å². The predicted octanol–water partition coefficient (Wildman–Crippen LogP) is 3.60. The number of hydrogen-bond donors (Lipinski definition) is 4. The number of hydrogen-bond acceptors (Lipinski definition) is 8. The Hall–Kier alpha value is -4.61. The van der Waals surface area contributed by atoms with E-state index in [4.69, 9.17) is 19.9 Å². The summed E-state index contributed by atoms with van der Waals surface area (Å²) in [5.74, 6) is 0.0263. The Kier molecular flexibility index (Phi) is 9.36. The lowest BCUT2D eigenvalue weighted by molar-refractivity contribution is -0.126. The van der Waals surface area contributed by atoms with Gasteiger partial charge in [-0.25, -0.2) is 0 Å². The van der Waals surface area contributed by atoms with E-state index in [0.29, 0.717) is 48.2 Å². The van der Waals surface area contributed by atoms with Crippen LogP contribution in [0.5, 0.6) is 11.5 Å². The number of nitrogens with two attached hydrogens (primary N) is 1. The number of fused-ring (bicyclic) bond motifs is 4. The Morgan fingerprint density at radius 1 is 1.05 bits per heavy atom. The van der Waals surface area contributed by atoms with Crippen LogP contribution in [0.4, 0.5) is 17.1 Å². The smallest absolute Gasteiger partial charge is 0.260 e. The molecular formula is C33H39N5O6. The van der Waals surface area contributed by atoms with Gasteiger partial charge in [0.05, 0.1) is 37.1 Å². The van der Waals surface area contributed by atoms with E-state index in [-0.39, 0.29) is 24.5 Å². The first-order valence-corrected chi connectivity index (χ1v) is 14.8. The molecule has 0 fully saturated rings. The van der Waals surface area contributed by atoms with Crippen LogP contribution in [0, 0.1) is 0 Å². The van der Waals surface area contributed by atoms with Crippen LogP contribution in [-0.2, 0) is 34.0 Å². The first kappa shape index (κ1) is 30.8. The molecule has 3 aromatic carbocycles. The molecule has 2 aliphatic heterocycles. The molecule has 0 spiro atoms. The van der Waals surface area contributed by atoms with Crippen molar-refractivity contribution in [3.05, 3.63) is 76.9 Å².